The van der Waals surface area contributed by atoms with Gasteiger partial charge in [0.15, 0.2) is 23.4 Å². The average Bonchev–Trinajstić information content (AvgIpc) is 3.39. The molecule has 0 spiro atoms. The van der Waals surface area contributed by atoms with E-state index in [1.54, 1.807) is 36.4 Å². The molecule has 2 bridgehead atoms. The highest BCUT2D eigenvalue weighted by Crippen LogP contribution is 2.56. The molecule has 278 valence electrons. The topological polar surface area (TPSA) is 178 Å². The van der Waals surface area contributed by atoms with Gasteiger partial charge in [0, 0.05) is 13.3 Å². The summed E-state index contributed by atoms with van der Waals surface area (Å²) in [6.07, 6.45) is -0.496. The summed E-state index contributed by atoms with van der Waals surface area (Å²) in [7, 11) is 0. The van der Waals surface area contributed by atoms with Gasteiger partial charge in [0.25, 0.3) is 0 Å². The van der Waals surface area contributed by atoms with Crippen LogP contribution in [-0.2, 0) is 28.5 Å². The van der Waals surface area contributed by atoms with Crippen LogP contribution in [0.15, 0.2) is 97.1 Å². The highest BCUT2D eigenvalue weighted by Gasteiger charge is 2.79. The van der Waals surface area contributed by atoms with Crippen LogP contribution in [0, 0.1) is 5.92 Å². The second-order valence-corrected chi connectivity index (χ2v) is 13.3. The van der Waals surface area contributed by atoms with Gasteiger partial charge in [0.2, 0.25) is 5.79 Å². The maximum atomic E-state index is 13.6. The lowest BCUT2D eigenvalue weighted by atomic mass is 9.75. The van der Waals surface area contributed by atoms with Crippen LogP contribution in [0.3, 0.4) is 0 Å². The molecule has 52 heavy (non-hydrogen) atoms. The Kier molecular flexibility index (Phi) is 12.6. The van der Waals surface area contributed by atoms with Crippen LogP contribution in [0.5, 0.6) is 0 Å². The Hall–Kier alpha value is -4.43. The lowest BCUT2D eigenvalue weighted by Gasteiger charge is -2.52. The van der Waals surface area contributed by atoms with Crippen molar-refractivity contribution in [3.8, 4) is 0 Å². The number of aliphatic hydroxyl groups excluding tert-OH is 3. The molecular formula is C40H46O12. The van der Waals surface area contributed by atoms with Gasteiger partial charge in [-0.15, -0.1) is 0 Å². The normalized spacial score (nSPS) is 27.8. The predicted octanol–water partition coefficient (Wildman–Crippen LogP) is 3.85. The fourth-order valence-corrected chi connectivity index (χ4v) is 7.05. The lowest BCUT2D eigenvalue weighted by molar-refractivity contribution is -0.404. The van der Waals surface area contributed by atoms with Gasteiger partial charge in [-0.2, -0.15) is 0 Å². The lowest BCUT2D eigenvalue weighted by Crippen LogP contribution is -2.74. The predicted molar refractivity (Wildman–Crippen MR) is 188 cm³/mol. The minimum atomic E-state index is -2.53. The number of carbonyl (C=O) groups excluding carboxylic acids is 3. The minimum absolute atomic E-state index is 0.0940. The highest BCUT2D eigenvalue weighted by atomic mass is 16.8. The van der Waals surface area contributed by atoms with E-state index >= 15 is 0 Å². The van der Waals surface area contributed by atoms with E-state index in [1.165, 1.54) is 31.2 Å². The molecule has 0 aromatic heterocycles. The Balaban J connectivity index is 1.49. The van der Waals surface area contributed by atoms with E-state index in [2.05, 4.69) is 0 Å². The van der Waals surface area contributed by atoms with Crippen molar-refractivity contribution in [2.24, 2.45) is 5.92 Å². The maximum absolute atomic E-state index is 13.6. The van der Waals surface area contributed by atoms with Gasteiger partial charge in [-0.3, -0.25) is 4.79 Å². The third kappa shape index (κ3) is 7.97. The van der Waals surface area contributed by atoms with Crippen molar-refractivity contribution >= 4 is 24.0 Å². The Bertz CT molecular complexity index is 1670. The molecule has 8 atom stereocenters. The molecule has 0 aliphatic carbocycles. The maximum Gasteiger partial charge on any atom is 0.338 e. The summed E-state index contributed by atoms with van der Waals surface area (Å²) in [5.74, 6) is -4.34. The molecule has 2 fully saturated rings. The smallest absolute Gasteiger partial charge is 0.338 e. The molecule has 3 aromatic rings. The molecule has 4 N–H and O–H groups in total. The molecule has 0 unspecified atom stereocenters. The largest absolute Gasteiger partial charge is 0.462 e. The van der Waals surface area contributed by atoms with Gasteiger partial charge in [-0.05, 0) is 55.0 Å². The van der Waals surface area contributed by atoms with Crippen LogP contribution in [0.4, 0.5) is 0 Å². The Morgan fingerprint density at radius 3 is 1.90 bits per heavy atom. The summed E-state index contributed by atoms with van der Waals surface area (Å²) in [6, 6.07) is 25.7. The number of fused-ring (bicyclic) bond motifs is 2. The molecule has 0 amide bonds. The zero-order valence-corrected chi connectivity index (χ0v) is 29.2. The van der Waals surface area contributed by atoms with Crippen molar-refractivity contribution in [3.05, 3.63) is 114 Å². The molecule has 2 heterocycles. The minimum Gasteiger partial charge on any atom is -0.462 e. The number of aliphatic hydroxyl groups is 4. The van der Waals surface area contributed by atoms with Crippen LogP contribution in [-0.4, -0.2) is 99.6 Å². The molecule has 2 saturated heterocycles. The first-order valence-corrected chi connectivity index (χ1v) is 17.4. The molecule has 2 aliphatic rings. The number of benzene rings is 3. The first kappa shape index (κ1) is 38.8. The van der Waals surface area contributed by atoms with Crippen LogP contribution in [0.2, 0.25) is 0 Å². The molecule has 3 aromatic carbocycles. The summed E-state index contributed by atoms with van der Waals surface area (Å²) >= 11 is 0. The van der Waals surface area contributed by atoms with E-state index in [1.807, 2.05) is 49.4 Å². The Morgan fingerprint density at radius 2 is 1.38 bits per heavy atom. The van der Waals surface area contributed by atoms with Crippen molar-refractivity contribution in [2.45, 2.75) is 80.9 Å². The third-order valence-electron chi connectivity index (χ3n) is 9.84. The monoisotopic (exact) mass is 718 g/mol. The molecular weight excluding hydrogens is 672 g/mol. The number of ether oxygens (including phenoxy) is 5. The number of hydrogen-bond donors (Lipinski definition) is 4. The van der Waals surface area contributed by atoms with Crippen LogP contribution in [0.25, 0.3) is 6.08 Å². The summed E-state index contributed by atoms with van der Waals surface area (Å²) in [4.78, 5) is 39.4. The number of hydrogen-bond acceptors (Lipinski definition) is 12. The van der Waals surface area contributed by atoms with E-state index in [4.69, 9.17) is 23.7 Å². The van der Waals surface area contributed by atoms with Crippen molar-refractivity contribution in [1.82, 2.24) is 0 Å². The highest BCUT2D eigenvalue weighted by molar-refractivity contribution is 5.90. The summed E-state index contributed by atoms with van der Waals surface area (Å²) in [5, 5.41) is 44.0. The second-order valence-electron chi connectivity index (χ2n) is 13.3. The molecule has 5 rings (SSSR count). The number of rotatable bonds is 16. The van der Waals surface area contributed by atoms with Crippen molar-refractivity contribution in [3.63, 3.8) is 0 Å². The Morgan fingerprint density at radius 1 is 0.827 bits per heavy atom. The summed E-state index contributed by atoms with van der Waals surface area (Å²) < 4.78 is 30.4. The van der Waals surface area contributed by atoms with E-state index in [0.717, 1.165) is 5.56 Å². The van der Waals surface area contributed by atoms with Gasteiger partial charge in [-0.25, -0.2) is 9.59 Å². The molecule has 2 aliphatic heterocycles. The van der Waals surface area contributed by atoms with Gasteiger partial charge >= 0.3 is 17.9 Å². The third-order valence-corrected chi connectivity index (χ3v) is 9.84. The second kappa shape index (κ2) is 16.9. The average molecular weight is 719 g/mol. The van der Waals surface area contributed by atoms with E-state index < -0.39 is 79.1 Å². The SMILES string of the molecule is CC(=O)O[C@H](CCC[C@]12O[C@H](CO)[C@@](O)(CO)[C@](CO)(O1)[C@H](OC(=O)c1ccccc1)[C@H]2OC(=O)c1ccccc1)[C@H](C)C/C=C/c1ccccc1. The van der Waals surface area contributed by atoms with Gasteiger partial charge in [0.05, 0.1) is 30.9 Å². The number of carbonyl (C=O) groups is 3. The molecule has 12 heteroatoms. The standard InChI is InChI=1S/C40H46O12/c1-27(14-12-17-29-15-6-3-7-16-29)32(48-28(2)44)22-13-23-40-35(50-37(46)31-20-10-5-11-21-31)34(49-36(45)30-18-8-4-9-19-30)39(26-43,52-40)38(47,25-42)33(24-41)51-40/h3-12,15-21,27,32-35,41-43,47H,13-14,22-26H2,1-2H3/b17-12+/t27-,32-,33-,34-,35-,38+,39-,40+/m1/s1. The van der Waals surface area contributed by atoms with E-state index in [-0.39, 0.29) is 29.9 Å². The van der Waals surface area contributed by atoms with Crippen LogP contribution < -0.4 is 0 Å². The Labute approximate surface area is 302 Å². The van der Waals surface area contributed by atoms with Crippen LogP contribution >= 0.6 is 0 Å². The first-order valence-electron chi connectivity index (χ1n) is 17.4. The summed E-state index contributed by atoms with van der Waals surface area (Å²) in [6.45, 7) is 0.316. The fraction of sp³-hybridized carbons (Fsp3) is 0.425. The molecule has 0 radical (unpaired) electrons. The zero-order valence-electron chi connectivity index (χ0n) is 29.2. The van der Waals surface area contributed by atoms with Gasteiger partial charge in [-0.1, -0.05) is 85.8 Å². The molecule has 0 saturated carbocycles. The zero-order chi connectivity index (χ0) is 37.4. The van der Waals surface area contributed by atoms with Crippen molar-refractivity contribution in [2.75, 3.05) is 19.8 Å². The quantitative estimate of drug-likeness (QED) is 0.124. The molecule has 12 nitrogen and oxygen atoms in total. The number of esters is 3. The van der Waals surface area contributed by atoms with Gasteiger partial charge in [0.1, 0.15) is 12.2 Å². The fourth-order valence-electron chi connectivity index (χ4n) is 7.05. The summed E-state index contributed by atoms with van der Waals surface area (Å²) in [5.41, 5.74) is -3.57. The number of allylic oxidation sites excluding steroid dienone is 1. The van der Waals surface area contributed by atoms with Crippen molar-refractivity contribution in [1.29, 1.82) is 0 Å². The van der Waals surface area contributed by atoms with E-state index in [9.17, 15) is 34.8 Å². The first-order chi connectivity index (χ1) is 25.0. The van der Waals surface area contributed by atoms with Crippen molar-refractivity contribution < 1.29 is 58.5 Å². The van der Waals surface area contributed by atoms with Crippen LogP contribution in [0.1, 0.15) is 65.8 Å². The van der Waals surface area contributed by atoms with Gasteiger partial charge < -0.3 is 44.1 Å². The van der Waals surface area contributed by atoms with E-state index in [0.29, 0.717) is 12.8 Å².